The Bertz CT molecular complexity index is 1400. The Labute approximate surface area is 202 Å². The number of hydrogen-bond donors (Lipinski definition) is 0. The van der Waals surface area contributed by atoms with E-state index in [-0.39, 0.29) is 11.6 Å². The van der Waals surface area contributed by atoms with Crippen LogP contribution >= 0.6 is 11.3 Å². The first-order chi connectivity index (χ1) is 16.5. The highest BCUT2D eigenvalue weighted by molar-refractivity contribution is 7.18. The predicted octanol–water partition coefficient (Wildman–Crippen LogP) is 5.27. The monoisotopic (exact) mass is 477 g/mol. The lowest BCUT2D eigenvalue weighted by Crippen LogP contribution is -2.37. The van der Waals surface area contributed by atoms with Gasteiger partial charge in [0.2, 0.25) is 5.52 Å². The maximum Gasteiger partial charge on any atom is 0.343 e. The Morgan fingerprint density at radius 3 is 2.65 bits per heavy atom. The molecule has 4 aromatic rings. The molecule has 0 atom stereocenters. The molecule has 6 nitrogen and oxygen atoms in total. The molecule has 0 aliphatic carbocycles. The van der Waals surface area contributed by atoms with Gasteiger partial charge in [0, 0.05) is 48.8 Å². The summed E-state index contributed by atoms with van der Waals surface area (Å²) >= 11 is 1.62. The number of nitrogens with zero attached hydrogens (tertiary/aromatic N) is 2. The summed E-state index contributed by atoms with van der Waals surface area (Å²) < 4.78 is 14.2. The van der Waals surface area contributed by atoms with Gasteiger partial charge in [-0.15, -0.1) is 0 Å². The van der Waals surface area contributed by atoms with Crippen molar-refractivity contribution in [1.82, 2.24) is 0 Å². The molecule has 0 aliphatic heterocycles. The fourth-order valence-corrected chi connectivity index (χ4v) is 5.03. The van der Waals surface area contributed by atoms with E-state index in [4.69, 9.17) is 9.15 Å². The smallest absolute Gasteiger partial charge is 0.343 e. The van der Waals surface area contributed by atoms with Crippen molar-refractivity contribution in [2.45, 2.75) is 33.7 Å². The highest BCUT2D eigenvalue weighted by Gasteiger charge is 2.19. The molecule has 0 radical (unpaired) electrons. The van der Waals surface area contributed by atoms with E-state index < -0.39 is 0 Å². The van der Waals surface area contributed by atoms with Crippen LogP contribution in [0.2, 0.25) is 0 Å². The van der Waals surface area contributed by atoms with Gasteiger partial charge >= 0.3 is 11.6 Å². The van der Waals surface area contributed by atoms with Gasteiger partial charge in [0.05, 0.1) is 5.56 Å². The van der Waals surface area contributed by atoms with E-state index in [1.54, 1.807) is 24.3 Å². The summed E-state index contributed by atoms with van der Waals surface area (Å²) in [6.07, 6.45) is 4.08. The van der Waals surface area contributed by atoms with Crippen molar-refractivity contribution in [1.29, 1.82) is 0 Å². The molecular weight excluding hydrogens is 448 g/mol. The Morgan fingerprint density at radius 1 is 1.09 bits per heavy atom. The molecule has 4 rings (SSSR count). The van der Waals surface area contributed by atoms with Crippen LogP contribution < -0.4 is 15.1 Å². The number of carbonyl (C=O) groups excluding carboxylic acids is 1. The van der Waals surface area contributed by atoms with E-state index in [0.29, 0.717) is 30.7 Å². The zero-order valence-corrected chi connectivity index (χ0v) is 20.6. The lowest BCUT2D eigenvalue weighted by Gasteiger charge is -2.20. The van der Waals surface area contributed by atoms with E-state index in [1.165, 1.54) is 0 Å². The van der Waals surface area contributed by atoms with Gasteiger partial charge in [-0.25, -0.2) is 4.79 Å². The molecule has 0 saturated heterocycles. The third-order valence-electron chi connectivity index (χ3n) is 5.78. The quantitative estimate of drug-likeness (QED) is 0.187. The van der Waals surface area contributed by atoms with Crippen LogP contribution in [-0.2, 0) is 16.1 Å². The lowest BCUT2D eigenvalue weighted by molar-refractivity contribution is -0.669. The summed E-state index contributed by atoms with van der Waals surface area (Å²) in [6.45, 7) is 8.60. The zero-order valence-electron chi connectivity index (χ0n) is 19.7. The molecule has 0 bridgehead atoms. The van der Waals surface area contributed by atoms with Crippen LogP contribution in [0.3, 0.4) is 0 Å². The number of rotatable bonds is 9. The molecule has 0 aliphatic rings. The minimum Gasteiger partial charge on any atom is -0.459 e. The third kappa shape index (κ3) is 5.04. The minimum atomic E-state index is -0.370. The fraction of sp³-hybridized carbons (Fsp3) is 0.296. The van der Waals surface area contributed by atoms with Crippen LogP contribution in [0.25, 0.3) is 33.3 Å². The minimum absolute atomic E-state index is 0.213. The predicted molar refractivity (Wildman–Crippen MR) is 138 cm³/mol. The Kier molecular flexibility index (Phi) is 7.43. The second kappa shape index (κ2) is 10.7. The molecule has 34 heavy (non-hydrogen) atoms. The van der Waals surface area contributed by atoms with E-state index in [0.717, 1.165) is 39.4 Å². The summed E-state index contributed by atoms with van der Waals surface area (Å²) in [7, 11) is 0. The van der Waals surface area contributed by atoms with Crippen LogP contribution in [0, 0.1) is 0 Å². The first kappa shape index (κ1) is 23.7. The SMILES string of the molecule is CCC(=O)OCC[n+]1c(/C=C/c2cc3ccc(N(CC)CC)cc3oc2=O)sc2ccccc21. The van der Waals surface area contributed by atoms with Crippen molar-refractivity contribution in [2.75, 3.05) is 24.6 Å². The van der Waals surface area contributed by atoms with Crippen molar-refractivity contribution < 1.29 is 18.5 Å². The van der Waals surface area contributed by atoms with Crippen molar-refractivity contribution in [3.05, 3.63) is 69.5 Å². The van der Waals surface area contributed by atoms with Gasteiger partial charge in [-0.05, 0) is 44.2 Å². The van der Waals surface area contributed by atoms with Gasteiger partial charge in [0.25, 0.3) is 5.01 Å². The van der Waals surface area contributed by atoms with Gasteiger partial charge in [0.15, 0.2) is 13.2 Å². The molecule has 0 fully saturated rings. The fourth-order valence-electron chi connectivity index (χ4n) is 3.94. The molecule has 0 N–H and O–H groups in total. The highest BCUT2D eigenvalue weighted by Crippen LogP contribution is 2.24. The number of hydrogen-bond acceptors (Lipinski definition) is 6. The van der Waals surface area contributed by atoms with E-state index >= 15 is 0 Å². The van der Waals surface area contributed by atoms with Crippen LogP contribution in [0.5, 0.6) is 0 Å². The Morgan fingerprint density at radius 2 is 1.88 bits per heavy atom. The summed E-state index contributed by atoms with van der Waals surface area (Å²) in [6, 6.07) is 15.9. The van der Waals surface area contributed by atoms with Crippen molar-refractivity contribution in [3.63, 3.8) is 0 Å². The maximum atomic E-state index is 12.7. The number of anilines is 1. The zero-order chi connectivity index (χ0) is 24.1. The van der Waals surface area contributed by atoms with E-state index in [9.17, 15) is 9.59 Å². The van der Waals surface area contributed by atoms with Gasteiger partial charge < -0.3 is 14.1 Å². The van der Waals surface area contributed by atoms with Crippen LogP contribution in [0.15, 0.2) is 57.7 Å². The molecule has 2 aromatic carbocycles. The Hall–Kier alpha value is -3.45. The summed E-state index contributed by atoms with van der Waals surface area (Å²) in [4.78, 5) is 26.5. The second-order valence-electron chi connectivity index (χ2n) is 7.85. The number of ether oxygens (including phenoxy) is 1. The van der Waals surface area contributed by atoms with Crippen LogP contribution in [-0.4, -0.2) is 25.7 Å². The maximum absolute atomic E-state index is 12.7. The van der Waals surface area contributed by atoms with Crippen molar-refractivity contribution in [2.24, 2.45) is 0 Å². The number of benzene rings is 2. The third-order valence-corrected chi connectivity index (χ3v) is 6.91. The first-order valence-corrected chi connectivity index (χ1v) is 12.4. The average Bonchev–Trinajstić information content (AvgIpc) is 3.20. The second-order valence-corrected chi connectivity index (χ2v) is 8.91. The van der Waals surface area contributed by atoms with Gasteiger partial charge in [-0.3, -0.25) is 4.79 Å². The standard InChI is InChI=1S/C27H29N2O4S/c1-4-26(30)32-16-15-29-22-9-7-8-10-24(22)34-25(29)14-12-20-17-19-11-13-21(28(5-2)6-3)18-23(19)33-27(20)31/h7-14,17-18H,4-6,15-16H2,1-3H3/q+1. The molecule has 0 amide bonds. The average molecular weight is 478 g/mol. The largest absolute Gasteiger partial charge is 0.459 e. The first-order valence-electron chi connectivity index (χ1n) is 11.6. The summed E-state index contributed by atoms with van der Waals surface area (Å²) in [5, 5.41) is 1.84. The van der Waals surface area contributed by atoms with E-state index in [2.05, 4.69) is 35.4 Å². The van der Waals surface area contributed by atoms with Crippen LogP contribution in [0.1, 0.15) is 37.8 Å². The number of fused-ring (bicyclic) bond motifs is 2. The lowest BCUT2D eigenvalue weighted by atomic mass is 10.1. The van der Waals surface area contributed by atoms with Crippen LogP contribution in [0.4, 0.5) is 5.69 Å². The summed E-state index contributed by atoms with van der Waals surface area (Å²) in [5.74, 6) is -0.213. The Balaban J connectivity index is 1.65. The summed E-state index contributed by atoms with van der Waals surface area (Å²) in [5.41, 5.74) is 2.81. The molecule has 2 heterocycles. The molecule has 2 aromatic heterocycles. The molecule has 0 unspecified atom stereocenters. The normalized spacial score (nSPS) is 11.5. The number of para-hydroxylation sites is 1. The van der Waals surface area contributed by atoms with Crippen molar-refractivity contribution in [3.8, 4) is 0 Å². The number of esters is 1. The van der Waals surface area contributed by atoms with E-state index in [1.807, 2.05) is 42.5 Å². The molecule has 176 valence electrons. The molecular formula is C27H29N2O4S+. The van der Waals surface area contributed by atoms with Gasteiger partial charge in [-0.2, -0.15) is 4.57 Å². The van der Waals surface area contributed by atoms with Crippen molar-refractivity contribution >= 4 is 56.3 Å². The highest BCUT2D eigenvalue weighted by atomic mass is 32.1. The number of aromatic nitrogens is 1. The topological polar surface area (TPSA) is 63.6 Å². The number of carbonyl (C=O) groups is 1. The van der Waals surface area contributed by atoms with Gasteiger partial charge in [-0.1, -0.05) is 30.4 Å². The molecule has 7 heteroatoms. The molecule has 0 saturated carbocycles. The molecule has 0 spiro atoms. The number of thiazole rings is 1. The van der Waals surface area contributed by atoms with Gasteiger partial charge in [0.1, 0.15) is 10.3 Å².